The van der Waals surface area contributed by atoms with Gasteiger partial charge in [-0.05, 0) is 72.1 Å². The number of anilines is 1. The number of carboxylic acids is 1. The molecule has 0 fully saturated rings. The lowest BCUT2D eigenvalue weighted by atomic mass is 10.1. The molecule has 0 atom stereocenters. The fraction of sp³-hybridized carbons (Fsp3) is 0.160. The lowest BCUT2D eigenvalue weighted by Crippen LogP contribution is -2.19. The van der Waals surface area contributed by atoms with E-state index in [2.05, 4.69) is 5.32 Å². The van der Waals surface area contributed by atoms with Crippen LogP contribution in [-0.4, -0.2) is 23.5 Å². The van der Waals surface area contributed by atoms with Crippen molar-refractivity contribution in [1.82, 2.24) is 3.97 Å². The van der Waals surface area contributed by atoms with Crippen molar-refractivity contribution in [2.75, 3.05) is 5.32 Å². The minimum absolute atomic E-state index is 0.0431. The maximum atomic E-state index is 13.9. The van der Waals surface area contributed by atoms with Gasteiger partial charge in [0.25, 0.3) is 10.0 Å². The molecule has 2 heterocycles. The van der Waals surface area contributed by atoms with Crippen molar-refractivity contribution in [3.63, 3.8) is 0 Å². The Bertz CT molecular complexity index is 1410. The molecule has 0 saturated heterocycles. The Labute approximate surface area is 202 Å². The second-order valence-corrected chi connectivity index (χ2v) is 10.2. The van der Waals surface area contributed by atoms with E-state index in [1.54, 1.807) is 43.3 Å². The summed E-state index contributed by atoms with van der Waals surface area (Å²) in [6.07, 6.45) is 0.490. The number of ether oxygens (including phenoxy) is 1. The molecule has 7 nitrogen and oxygen atoms in total. The SMILES string of the molecule is CCc1ccc(C)n1S(=O)(=O)c1cc(C(=O)O)cc(NCc2ccsc2)c1Oc1ccccc1. The smallest absolute Gasteiger partial charge is 0.335 e. The van der Waals surface area contributed by atoms with Crippen molar-refractivity contribution in [3.8, 4) is 11.5 Å². The summed E-state index contributed by atoms with van der Waals surface area (Å²) in [4.78, 5) is 11.7. The second-order valence-electron chi connectivity index (χ2n) is 7.65. The number of aromatic carboxylic acids is 1. The lowest BCUT2D eigenvalue weighted by molar-refractivity contribution is 0.0696. The molecule has 0 saturated carbocycles. The maximum absolute atomic E-state index is 13.9. The van der Waals surface area contributed by atoms with Crippen molar-refractivity contribution >= 4 is 33.0 Å². The van der Waals surface area contributed by atoms with E-state index in [1.807, 2.05) is 29.8 Å². The fourth-order valence-electron chi connectivity index (χ4n) is 3.63. The fourth-order valence-corrected chi connectivity index (χ4v) is 6.10. The van der Waals surface area contributed by atoms with Gasteiger partial charge in [-0.25, -0.2) is 17.2 Å². The highest BCUT2D eigenvalue weighted by Crippen LogP contribution is 2.39. The quantitative estimate of drug-likeness (QED) is 0.306. The molecule has 2 N–H and O–H groups in total. The molecule has 176 valence electrons. The van der Waals surface area contributed by atoms with Gasteiger partial charge in [-0.15, -0.1) is 0 Å². The number of aryl methyl sites for hydroxylation is 2. The summed E-state index contributed by atoms with van der Waals surface area (Å²) in [6, 6.07) is 16.8. The van der Waals surface area contributed by atoms with Crippen LogP contribution >= 0.6 is 11.3 Å². The van der Waals surface area contributed by atoms with E-state index in [9.17, 15) is 18.3 Å². The third-order valence-corrected chi connectivity index (χ3v) is 7.90. The van der Waals surface area contributed by atoms with Crippen molar-refractivity contribution in [2.24, 2.45) is 0 Å². The Morgan fingerprint density at radius 3 is 2.53 bits per heavy atom. The number of hydrogen-bond donors (Lipinski definition) is 2. The highest BCUT2D eigenvalue weighted by Gasteiger charge is 2.29. The Morgan fingerprint density at radius 1 is 1.12 bits per heavy atom. The Hall–Kier alpha value is -3.56. The molecule has 0 aliphatic carbocycles. The zero-order valence-corrected chi connectivity index (χ0v) is 20.3. The van der Waals surface area contributed by atoms with Crippen molar-refractivity contribution < 1.29 is 23.1 Å². The highest BCUT2D eigenvalue weighted by atomic mass is 32.2. The zero-order chi connectivity index (χ0) is 24.3. The number of hydrogen-bond acceptors (Lipinski definition) is 6. The number of thiophene rings is 1. The first-order chi connectivity index (χ1) is 16.3. The Kier molecular flexibility index (Phi) is 6.76. The first kappa shape index (κ1) is 23.6. The predicted molar refractivity (Wildman–Crippen MR) is 133 cm³/mol. The molecule has 4 rings (SSSR count). The van der Waals surface area contributed by atoms with Crippen LogP contribution in [0.25, 0.3) is 0 Å². The maximum Gasteiger partial charge on any atom is 0.335 e. The average molecular weight is 497 g/mol. The second kappa shape index (κ2) is 9.74. The van der Waals surface area contributed by atoms with Gasteiger partial charge in [0.2, 0.25) is 0 Å². The number of rotatable bonds is 9. The average Bonchev–Trinajstić information content (AvgIpc) is 3.48. The number of para-hydroxylation sites is 1. The summed E-state index contributed by atoms with van der Waals surface area (Å²) in [5.74, 6) is -0.761. The summed E-state index contributed by atoms with van der Waals surface area (Å²) < 4.78 is 35.2. The molecule has 2 aromatic heterocycles. The van der Waals surface area contributed by atoms with Gasteiger partial charge >= 0.3 is 5.97 Å². The summed E-state index contributed by atoms with van der Waals surface area (Å²) in [7, 11) is -4.18. The van der Waals surface area contributed by atoms with Crippen LogP contribution in [0.15, 0.2) is 76.3 Å². The van der Waals surface area contributed by atoms with Crippen LogP contribution in [0.1, 0.15) is 34.2 Å². The monoisotopic (exact) mass is 496 g/mol. The summed E-state index contributed by atoms with van der Waals surface area (Å²) >= 11 is 1.54. The van der Waals surface area contributed by atoms with E-state index in [4.69, 9.17) is 4.74 Å². The van der Waals surface area contributed by atoms with E-state index in [-0.39, 0.29) is 21.9 Å². The van der Waals surface area contributed by atoms with Gasteiger partial charge in [-0.1, -0.05) is 25.1 Å². The lowest BCUT2D eigenvalue weighted by Gasteiger charge is -2.20. The van der Waals surface area contributed by atoms with Gasteiger partial charge < -0.3 is 15.2 Å². The molecule has 0 radical (unpaired) electrons. The zero-order valence-electron chi connectivity index (χ0n) is 18.7. The number of benzene rings is 2. The largest absolute Gasteiger partial charge is 0.478 e. The van der Waals surface area contributed by atoms with Crippen molar-refractivity contribution in [1.29, 1.82) is 0 Å². The van der Waals surface area contributed by atoms with Gasteiger partial charge in [0.15, 0.2) is 5.75 Å². The van der Waals surface area contributed by atoms with E-state index < -0.39 is 16.0 Å². The number of carbonyl (C=O) groups is 1. The van der Waals surface area contributed by atoms with E-state index in [0.717, 1.165) is 11.6 Å². The van der Waals surface area contributed by atoms with Gasteiger partial charge in [0, 0.05) is 17.9 Å². The third-order valence-electron chi connectivity index (χ3n) is 5.31. The van der Waals surface area contributed by atoms with Gasteiger partial charge in [-0.2, -0.15) is 11.3 Å². The highest BCUT2D eigenvalue weighted by molar-refractivity contribution is 7.90. The Morgan fingerprint density at radius 2 is 1.88 bits per heavy atom. The van der Waals surface area contributed by atoms with Gasteiger partial charge in [-0.3, -0.25) is 0 Å². The number of nitrogens with zero attached hydrogens (tertiary/aromatic N) is 1. The molecular weight excluding hydrogens is 472 g/mol. The molecule has 2 aromatic carbocycles. The molecule has 9 heteroatoms. The van der Waals surface area contributed by atoms with E-state index in [0.29, 0.717) is 30.1 Å². The number of nitrogens with one attached hydrogen (secondary N) is 1. The molecule has 0 aliphatic rings. The standard InChI is InChI=1S/C25H24N2O5S2/c1-3-20-10-9-17(2)27(20)34(30,31)23-14-19(25(28)29)13-22(26-15-18-11-12-33-16-18)24(23)32-21-7-5-4-6-8-21/h4-14,16,26H,3,15H2,1-2H3,(H,28,29). The van der Waals surface area contributed by atoms with E-state index >= 15 is 0 Å². The summed E-state index contributed by atoms with van der Waals surface area (Å²) in [5, 5.41) is 16.8. The van der Waals surface area contributed by atoms with Crippen molar-refractivity contribution in [2.45, 2.75) is 31.7 Å². The molecule has 4 aromatic rings. The van der Waals surface area contributed by atoms with Crippen LogP contribution in [0.2, 0.25) is 0 Å². The predicted octanol–water partition coefficient (Wildman–Crippen LogP) is 5.76. The Balaban J connectivity index is 1.94. The molecule has 0 amide bonds. The first-order valence-corrected chi connectivity index (χ1v) is 13.0. The molecule has 0 bridgehead atoms. The number of carboxylic acid groups (broad SMARTS) is 1. The molecular formula is C25H24N2O5S2. The number of aromatic nitrogens is 1. The molecule has 34 heavy (non-hydrogen) atoms. The third kappa shape index (κ3) is 4.71. The van der Waals surface area contributed by atoms with Gasteiger partial charge in [0.1, 0.15) is 10.6 Å². The molecule has 0 aliphatic heterocycles. The molecule has 0 spiro atoms. The normalized spacial score (nSPS) is 11.4. The molecule has 0 unspecified atom stereocenters. The van der Waals surface area contributed by atoms with E-state index in [1.165, 1.54) is 21.4 Å². The topological polar surface area (TPSA) is 97.6 Å². The first-order valence-electron chi connectivity index (χ1n) is 10.6. The summed E-state index contributed by atoms with van der Waals surface area (Å²) in [6.45, 7) is 3.94. The van der Waals surface area contributed by atoms with Crippen LogP contribution < -0.4 is 10.1 Å². The summed E-state index contributed by atoms with van der Waals surface area (Å²) in [5.41, 5.74) is 2.22. The van der Waals surface area contributed by atoms with Crippen LogP contribution in [0, 0.1) is 6.92 Å². The minimum Gasteiger partial charge on any atom is -0.478 e. The van der Waals surface area contributed by atoms with Crippen LogP contribution in [0.5, 0.6) is 11.5 Å². The van der Waals surface area contributed by atoms with Crippen LogP contribution in [0.3, 0.4) is 0 Å². The van der Waals surface area contributed by atoms with Crippen LogP contribution in [-0.2, 0) is 23.0 Å². The van der Waals surface area contributed by atoms with Gasteiger partial charge in [0.05, 0.1) is 11.3 Å². The van der Waals surface area contributed by atoms with Crippen molar-refractivity contribution in [3.05, 3.63) is 93.9 Å². The van der Waals surface area contributed by atoms with Crippen LogP contribution in [0.4, 0.5) is 5.69 Å². The minimum atomic E-state index is -4.18.